The fraction of sp³-hybridized carbons (Fsp3) is 0.267. The molecular formula is C15H17N3OS. The lowest BCUT2D eigenvalue weighted by Crippen LogP contribution is -2.33. The van der Waals surface area contributed by atoms with Crippen LogP contribution in [0.2, 0.25) is 0 Å². The molecule has 1 amide bonds. The highest BCUT2D eigenvalue weighted by Crippen LogP contribution is 2.17. The fourth-order valence-corrected chi connectivity index (χ4v) is 2.28. The standard InChI is InChI=1S/C15H17N3OS/c1-2-5-12(14(16)20)15(19)18-11-8-10-6-3-4-7-13(10)17-9-11/h3-4,6-9,12H,2,5H2,1H3,(H2,16,20)(H,18,19). The van der Waals surface area contributed by atoms with Gasteiger partial charge in [-0.1, -0.05) is 43.8 Å². The predicted molar refractivity (Wildman–Crippen MR) is 85.6 cm³/mol. The predicted octanol–water partition coefficient (Wildman–Crippen LogP) is 2.88. The van der Waals surface area contributed by atoms with Gasteiger partial charge < -0.3 is 11.1 Å². The van der Waals surface area contributed by atoms with Gasteiger partial charge in [0.1, 0.15) is 0 Å². The van der Waals surface area contributed by atoms with Crippen molar-refractivity contribution in [2.75, 3.05) is 5.32 Å². The number of nitrogens with two attached hydrogens (primary N) is 1. The summed E-state index contributed by atoms with van der Waals surface area (Å²) in [5.74, 6) is -0.599. The average Bonchev–Trinajstić information content (AvgIpc) is 2.44. The van der Waals surface area contributed by atoms with Crippen LogP contribution in [-0.4, -0.2) is 15.9 Å². The van der Waals surface area contributed by atoms with E-state index in [9.17, 15) is 4.79 Å². The maximum atomic E-state index is 12.2. The number of thiocarbonyl (C=S) groups is 1. The van der Waals surface area contributed by atoms with Crippen LogP contribution in [0.25, 0.3) is 10.9 Å². The third-order valence-corrected chi connectivity index (χ3v) is 3.38. The van der Waals surface area contributed by atoms with Crippen LogP contribution in [0.3, 0.4) is 0 Å². The molecule has 20 heavy (non-hydrogen) atoms. The molecule has 1 heterocycles. The number of carbonyl (C=O) groups is 1. The molecule has 0 fully saturated rings. The van der Waals surface area contributed by atoms with Crippen molar-refractivity contribution in [3.8, 4) is 0 Å². The SMILES string of the molecule is CCCC(C(=O)Nc1cnc2ccccc2c1)C(N)=S. The lowest BCUT2D eigenvalue weighted by Gasteiger charge is -2.14. The second kappa shape index (κ2) is 6.43. The second-order valence-electron chi connectivity index (χ2n) is 4.65. The number of anilines is 1. The van der Waals surface area contributed by atoms with Gasteiger partial charge in [-0.2, -0.15) is 0 Å². The van der Waals surface area contributed by atoms with E-state index in [1.807, 2.05) is 37.3 Å². The normalized spacial score (nSPS) is 12.1. The zero-order chi connectivity index (χ0) is 14.5. The van der Waals surface area contributed by atoms with Gasteiger partial charge in [-0.3, -0.25) is 9.78 Å². The first-order valence-corrected chi connectivity index (χ1v) is 6.97. The highest BCUT2D eigenvalue weighted by Gasteiger charge is 2.20. The largest absolute Gasteiger partial charge is 0.393 e. The molecule has 1 aromatic heterocycles. The molecule has 4 nitrogen and oxygen atoms in total. The van der Waals surface area contributed by atoms with Crippen LogP contribution < -0.4 is 11.1 Å². The Morgan fingerprint density at radius 2 is 2.20 bits per heavy atom. The zero-order valence-electron chi connectivity index (χ0n) is 11.3. The number of carbonyl (C=O) groups excluding carboxylic acids is 1. The Bertz CT molecular complexity index is 642. The van der Waals surface area contributed by atoms with E-state index in [0.29, 0.717) is 12.1 Å². The number of nitrogens with zero attached hydrogens (tertiary/aromatic N) is 1. The summed E-state index contributed by atoms with van der Waals surface area (Å²) in [6.45, 7) is 2.00. The van der Waals surface area contributed by atoms with Gasteiger partial charge in [0.15, 0.2) is 0 Å². The van der Waals surface area contributed by atoms with Gasteiger partial charge in [0.05, 0.1) is 28.3 Å². The minimum absolute atomic E-state index is 0.170. The van der Waals surface area contributed by atoms with E-state index < -0.39 is 5.92 Å². The van der Waals surface area contributed by atoms with Crippen LogP contribution in [0.4, 0.5) is 5.69 Å². The summed E-state index contributed by atoms with van der Waals surface area (Å²) in [6.07, 6.45) is 3.15. The fourth-order valence-electron chi connectivity index (χ4n) is 2.06. The molecule has 1 atom stereocenters. The van der Waals surface area contributed by atoms with E-state index in [1.54, 1.807) is 6.20 Å². The van der Waals surface area contributed by atoms with Gasteiger partial charge in [-0.25, -0.2) is 0 Å². The molecule has 1 unspecified atom stereocenters. The molecule has 0 saturated carbocycles. The molecule has 2 aromatic rings. The van der Waals surface area contributed by atoms with Crippen LogP contribution in [0.5, 0.6) is 0 Å². The van der Waals surface area contributed by atoms with Crippen LogP contribution in [-0.2, 0) is 4.79 Å². The number of para-hydroxylation sites is 1. The Balaban J connectivity index is 2.18. The number of benzene rings is 1. The zero-order valence-corrected chi connectivity index (χ0v) is 12.1. The number of hydrogen-bond donors (Lipinski definition) is 2. The number of fused-ring (bicyclic) bond motifs is 1. The van der Waals surface area contributed by atoms with Crippen molar-refractivity contribution in [1.29, 1.82) is 0 Å². The Labute approximate surface area is 123 Å². The number of rotatable bonds is 5. The highest BCUT2D eigenvalue weighted by atomic mass is 32.1. The first-order valence-electron chi connectivity index (χ1n) is 6.56. The van der Waals surface area contributed by atoms with Crippen molar-refractivity contribution in [2.45, 2.75) is 19.8 Å². The molecule has 2 rings (SSSR count). The van der Waals surface area contributed by atoms with Crippen LogP contribution in [0.1, 0.15) is 19.8 Å². The Morgan fingerprint density at radius 1 is 1.45 bits per heavy atom. The average molecular weight is 287 g/mol. The van der Waals surface area contributed by atoms with Gasteiger partial charge in [-0.05, 0) is 18.6 Å². The van der Waals surface area contributed by atoms with Crippen molar-refractivity contribution in [1.82, 2.24) is 4.98 Å². The van der Waals surface area contributed by atoms with E-state index in [0.717, 1.165) is 17.3 Å². The molecule has 0 aliphatic rings. The summed E-state index contributed by atoms with van der Waals surface area (Å²) in [5, 5.41) is 3.81. The second-order valence-corrected chi connectivity index (χ2v) is 5.12. The minimum Gasteiger partial charge on any atom is -0.393 e. The lowest BCUT2D eigenvalue weighted by molar-refractivity contribution is -0.118. The molecule has 0 bridgehead atoms. The van der Waals surface area contributed by atoms with E-state index in [1.165, 1.54) is 0 Å². The minimum atomic E-state index is -0.429. The van der Waals surface area contributed by atoms with Gasteiger partial charge in [0.2, 0.25) is 5.91 Å². The number of aromatic nitrogens is 1. The first-order chi connectivity index (χ1) is 9.61. The molecule has 1 aromatic carbocycles. The molecular weight excluding hydrogens is 270 g/mol. The molecule has 0 aliphatic carbocycles. The van der Waals surface area contributed by atoms with Crippen molar-refractivity contribution in [3.63, 3.8) is 0 Å². The number of amides is 1. The van der Waals surface area contributed by atoms with Gasteiger partial charge in [0, 0.05) is 5.39 Å². The summed E-state index contributed by atoms with van der Waals surface area (Å²) in [5.41, 5.74) is 7.17. The van der Waals surface area contributed by atoms with Crippen LogP contribution in [0.15, 0.2) is 36.5 Å². The number of nitrogens with one attached hydrogen (secondary N) is 1. The molecule has 5 heteroatoms. The quantitative estimate of drug-likeness (QED) is 0.830. The molecule has 0 spiro atoms. The molecule has 0 saturated heterocycles. The molecule has 0 radical (unpaired) electrons. The van der Waals surface area contributed by atoms with Gasteiger partial charge in [-0.15, -0.1) is 0 Å². The summed E-state index contributed by atoms with van der Waals surface area (Å²) in [6, 6.07) is 9.63. The van der Waals surface area contributed by atoms with Gasteiger partial charge in [0.25, 0.3) is 0 Å². The van der Waals surface area contributed by atoms with Gasteiger partial charge >= 0.3 is 0 Å². The van der Waals surface area contributed by atoms with Crippen LogP contribution in [0, 0.1) is 5.92 Å². The van der Waals surface area contributed by atoms with Crippen molar-refractivity contribution >= 4 is 39.7 Å². The monoisotopic (exact) mass is 287 g/mol. The summed E-state index contributed by atoms with van der Waals surface area (Å²) in [7, 11) is 0. The highest BCUT2D eigenvalue weighted by molar-refractivity contribution is 7.80. The van der Waals surface area contributed by atoms with E-state index in [4.69, 9.17) is 18.0 Å². The summed E-state index contributed by atoms with van der Waals surface area (Å²) < 4.78 is 0. The third-order valence-electron chi connectivity index (χ3n) is 3.10. The van der Waals surface area contributed by atoms with E-state index in [-0.39, 0.29) is 10.9 Å². The number of pyridine rings is 1. The summed E-state index contributed by atoms with van der Waals surface area (Å²) in [4.78, 5) is 16.7. The smallest absolute Gasteiger partial charge is 0.234 e. The first kappa shape index (κ1) is 14.4. The topological polar surface area (TPSA) is 68.0 Å². The number of hydrogen-bond acceptors (Lipinski definition) is 3. The summed E-state index contributed by atoms with van der Waals surface area (Å²) >= 11 is 4.95. The molecule has 3 N–H and O–H groups in total. The third kappa shape index (κ3) is 3.30. The van der Waals surface area contributed by atoms with Crippen LogP contribution >= 0.6 is 12.2 Å². The van der Waals surface area contributed by atoms with Crippen molar-refractivity contribution in [2.24, 2.45) is 11.7 Å². The van der Waals surface area contributed by atoms with E-state index in [2.05, 4.69) is 10.3 Å². The maximum absolute atomic E-state index is 12.2. The molecule has 0 aliphatic heterocycles. The van der Waals surface area contributed by atoms with Crippen molar-refractivity contribution < 1.29 is 4.79 Å². The van der Waals surface area contributed by atoms with Crippen molar-refractivity contribution in [3.05, 3.63) is 36.5 Å². The lowest BCUT2D eigenvalue weighted by atomic mass is 10.0. The Morgan fingerprint density at radius 3 is 2.90 bits per heavy atom. The van der Waals surface area contributed by atoms with E-state index >= 15 is 0 Å². The maximum Gasteiger partial charge on any atom is 0.234 e. The molecule has 104 valence electrons. The Kier molecular flexibility index (Phi) is 4.63. The Hall–Kier alpha value is -2.01.